The van der Waals surface area contributed by atoms with Crippen molar-refractivity contribution in [2.75, 3.05) is 152 Å². The van der Waals surface area contributed by atoms with Crippen LogP contribution in [0.25, 0.3) is 0 Å². The Morgan fingerprint density at radius 2 is 0.945 bits per heavy atom. The lowest BCUT2D eigenvalue weighted by atomic mass is 10.1. The summed E-state index contributed by atoms with van der Waals surface area (Å²) in [5, 5.41) is 20.0. The Hall–Kier alpha value is -4.70. The fourth-order valence-electron chi connectivity index (χ4n) is 6.17. The van der Waals surface area contributed by atoms with Crippen LogP contribution in [0.5, 0.6) is 0 Å². The fourth-order valence-corrected chi connectivity index (χ4v) is 6.17. The molecule has 0 aromatic rings. The van der Waals surface area contributed by atoms with Crippen molar-refractivity contribution >= 4 is 47.4 Å². The van der Waals surface area contributed by atoms with Crippen molar-refractivity contribution in [1.29, 1.82) is 0 Å². The van der Waals surface area contributed by atoms with Gasteiger partial charge in [-0.3, -0.25) is 38.5 Å². The maximum absolute atomic E-state index is 13.2. The molecule has 6 amide bonds. The van der Waals surface area contributed by atoms with Crippen LogP contribution >= 0.6 is 0 Å². The van der Waals surface area contributed by atoms with Gasteiger partial charge in [-0.25, -0.2) is 4.79 Å². The van der Waals surface area contributed by atoms with Gasteiger partial charge in [0.1, 0.15) is 24.3 Å². The predicted octanol–water partition coefficient (Wildman–Crippen LogP) is -0.154. The number of aliphatic carboxylic acids is 1. The third kappa shape index (κ3) is 39.4. The van der Waals surface area contributed by atoms with Gasteiger partial charge in [-0.05, 0) is 59.3 Å². The Kier molecular flexibility index (Phi) is 39.7. The smallest absolute Gasteiger partial charge is 0.326 e. The molecule has 0 bridgehead atoms. The van der Waals surface area contributed by atoms with Crippen molar-refractivity contribution < 1.29 is 95.6 Å². The summed E-state index contributed by atoms with van der Waals surface area (Å²) in [5.41, 5.74) is -0.741. The summed E-state index contributed by atoms with van der Waals surface area (Å²) in [6.07, 6.45) is 3.17. The Labute approximate surface area is 428 Å². The lowest BCUT2D eigenvalue weighted by Gasteiger charge is -2.20. The van der Waals surface area contributed by atoms with E-state index in [1.807, 2.05) is 0 Å². The Morgan fingerprint density at radius 3 is 1.40 bits per heavy atom. The number of unbranched alkanes of at least 4 members (excludes halogenated alkanes) is 1. The summed E-state index contributed by atoms with van der Waals surface area (Å²) in [5.74, 6) is -4.76. The fraction of sp³-hybridized carbons (Fsp3) is 0.792. The molecule has 5 N–H and O–H groups in total. The first-order valence-electron chi connectivity index (χ1n) is 24.9. The van der Waals surface area contributed by atoms with Gasteiger partial charge in [0.15, 0.2) is 0 Å². The van der Waals surface area contributed by atoms with E-state index in [1.54, 1.807) is 27.9 Å². The molecule has 1 heterocycles. The number of carboxylic acids is 1. The summed E-state index contributed by atoms with van der Waals surface area (Å²) in [6, 6.07) is -2.28. The minimum atomic E-state index is -1.31. The molecule has 2 atom stereocenters. The molecule has 0 saturated heterocycles. The molecular weight excluding hydrogens is 967 g/mol. The number of carboxylic acid groups (broad SMARTS) is 1. The van der Waals surface area contributed by atoms with Crippen LogP contribution in [0.15, 0.2) is 12.2 Å². The van der Waals surface area contributed by atoms with Crippen LogP contribution < -0.4 is 21.3 Å². The van der Waals surface area contributed by atoms with E-state index in [4.69, 9.17) is 52.1 Å². The van der Waals surface area contributed by atoms with Gasteiger partial charge in [0.2, 0.25) is 23.6 Å². The first-order valence-corrected chi connectivity index (χ1v) is 24.9. The van der Waals surface area contributed by atoms with Crippen molar-refractivity contribution in [3.63, 3.8) is 0 Å². The maximum Gasteiger partial charge on any atom is 0.326 e. The second kappa shape index (κ2) is 43.7. The van der Waals surface area contributed by atoms with Gasteiger partial charge in [0.05, 0.1) is 119 Å². The van der Waals surface area contributed by atoms with Gasteiger partial charge < -0.3 is 78.5 Å². The number of imide groups is 1. The summed E-state index contributed by atoms with van der Waals surface area (Å²) >= 11 is 0. The van der Waals surface area contributed by atoms with Gasteiger partial charge in [-0.1, -0.05) is 0 Å². The Morgan fingerprint density at radius 1 is 0.521 bits per heavy atom. The highest BCUT2D eigenvalue weighted by Gasteiger charge is 2.26. The molecule has 0 saturated carbocycles. The highest BCUT2D eigenvalue weighted by Crippen LogP contribution is 2.11. The highest BCUT2D eigenvalue weighted by atomic mass is 16.6. The van der Waals surface area contributed by atoms with E-state index in [0.29, 0.717) is 119 Å². The zero-order valence-corrected chi connectivity index (χ0v) is 43.4. The van der Waals surface area contributed by atoms with Crippen LogP contribution in [0, 0.1) is 0 Å². The Balaban J connectivity index is 2.19. The van der Waals surface area contributed by atoms with Crippen LogP contribution in [0.4, 0.5) is 0 Å². The monoisotopic (exact) mass is 1050 g/mol. The zero-order valence-electron chi connectivity index (χ0n) is 43.4. The molecule has 420 valence electrons. The average Bonchev–Trinajstić information content (AvgIpc) is 3.66. The second-order valence-electron chi connectivity index (χ2n) is 17.2. The number of carbonyl (C=O) groups excluding carboxylic acids is 7. The number of hydrogen-bond acceptors (Lipinski definition) is 19. The zero-order chi connectivity index (χ0) is 53.8. The van der Waals surface area contributed by atoms with E-state index in [9.17, 15) is 43.5 Å². The molecule has 0 spiro atoms. The number of esters is 1. The molecule has 1 aliphatic heterocycles. The lowest BCUT2D eigenvalue weighted by molar-refractivity contribution is -0.155. The molecular formula is C48H83N5O20. The van der Waals surface area contributed by atoms with Gasteiger partial charge in [0, 0.05) is 58.2 Å². The summed E-state index contributed by atoms with van der Waals surface area (Å²) in [7, 11) is 1.63. The van der Waals surface area contributed by atoms with E-state index in [2.05, 4.69) is 21.3 Å². The molecule has 25 heteroatoms. The van der Waals surface area contributed by atoms with E-state index in [0.717, 1.165) is 17.1 Å². The number of nitrogens with one attached hydrogen (secondary N) is 4. The third-order valence-corrected chi connectivity index (χ3v) is 9.79. The van der Waals surface area contributed by atoms with Crippen LogP contribution in [-0.2, 0) is 90.5 Å². The van der Waals surface area contributed by atoms with Crippen molar-refractivity contribution in [1.82, 2.24) is 26.2 Å². The number of nitrogens with zero attached hydrogens (tertiary/aromatic N) is 1. The molecule has 0 aromatic carbocycles. The second-order valence-corrected chi connectivity index (χ2v) is 17.2. The summed E-state index contributed by atoms with van der Waals surface area (Å²) in [6.45, 7) is 13.0. The first-order chi connectivity index (χ1) is 35.1. The van der Waals surface area contributed by atoms with Gasteiger partial charge in [-0.15, -0.1) is 0 Å². The quantitative estimate of drug-likeness (QED) is 0.0301. The molecule has 25 nitrogen and oxygen atoms in total. The number of carbonyl (C=O) groups is 8. The minimum absolute atomic E-state index is 0.0322. The number of rotatable bonds is 49. The van der Waals surface area contributed by atoms with Gasteiger partial charge >= 0.3 is 11.9 Å². The predicted molar refractivity (Wildman–Crippen MR) is 260 cm³/mol. The molecule has 0 aromatic heterocycles. The van der Waals surface area contributed by atoms with E-state index < -0.39 is 59.2 Å². The van der Waals surface area contributed by atoms with Crippen LogP contribution in [0.2, 0.25) is 0 Å². The SMILES string of the molecule is COCCOCCOCCOCCOCCOCCOCCOCCOCCOCC(=O)NCCCC[C@H](NC(=O)CCCN1C(=O)C=CC1=O)C(=O)NCCCC(=O)N[C@@H](CCC(=O)OC(C)(C)C)C(=O)O. The van der Waals surface area contributed by atoms with Gasteiger partial charge in [-0.2, -0.15) is 0 Å². The topological polar surface area (TPSA) is 310 Å². The largest absolute Gasteiger partial charge is 0.480 e. The first kappa shape index (κ1) is 66.3. The molecule has 0 fully saturated rings. The molecule has 0 radical (unpaired) electrons. The highest BCUT2D eigenvalue weighted by molar-refractivity contribution is 6.12. The molecule has 0 unspecified atom stereocenters. The normalized spacial score (nSPS) is 13.2. The number of methoxy groups -OCH3 is 1. The lowest BCUT2D eigenvalue weighted by Crippen LogP contribution is -2.47. The van der Waals surface area contributed by atoms with Crippen molar-refractivity contribution in [2.24, 2.45) is 0 Å². The number of amides is 6. The third-order valence-electron chi connectivity index (χ3n) is 9.79. The number of ether oxygens (including phenoxy) is 11. The van der Waals surface area contributed by atoms with Gasteiger partial charge in [0.25, 0.3) is 11.8 Å². The standard InChI is InChI=1S/C48H83N5O20/c1-48(2,3)73-45(59)15-12-39(47(61)62)52-40(54)10-7-17-50-46(60)38(51-41(55)11-8-18-53-43(57)13-14-44(53)58)9-5-6-16-49-42(56)37-72-36-35-71-34-33-70-32-31-69-30-29-68-28-27-67-26-25-66-24-23-65-22-21-64-20-19-63-4/h13-14,38-39H,5-12,15-37H2,1-4H3,(H,49,56)(H,50,60)(H,51,55)(H,52,54)(H,61,62)/t38-,39-/m0/s1. The summed E-state index contributed by atoms with van der Waals surface area (Å²) in [4.78, 5) is 99.2. The Bertz CT molecular complexity index is 1580. The molecule has 1 rings (SSSR count). The van der Waals surface area contributed by atoms with Crippen LogP contribution in [0.3, 0.4) is 0 Å². The van der Waals surface area contributed by atoms with E-state index >= 15 is 0 Å². The van der Waals surface area contributed by atoms with E-state index in [-0.39, 0.29) is 90.3 Å². The van der Waals surface area contributed by atoms with Crippen LogP contribution in [-0.4, -0.2) is 227 Å². The average molecular weight is 1050 g/mol. The van der Waals surface area contributed by atoms with Crippen molar-refractivity contribution in [3.05, 3.63) is 12.2 Å². The summed E-state index contributed by atoms with van der Waals surface area (Å²) < 4.78 is 59.0. The molecule has 0 aliphatic carbocycles. The maximum atomic E-state index is 13.2. The van der Waals surface area contributed by atoms with Crippen LogP contribution in [0.1, 0.15) is 78.6 Å². The van der Waals surface area contributed by atoms with Crippen molar-refractivity contribution in [2.45, 2.75) is 96.2 Å². The number of hydrogen-bond donors (Lipinski definition) is 5. The molecule has 1 aliphatic rings. The van der Waals surface area contributed by atoms with Crippen molar-refractivity contribution in [3.8, 4) is 0 Å². The van der Waals surface area contributed by atoms with E-state index in [1.165, 1.54) is 0 Å². The molecule has 73 heavy (non-hydrogen) atoms. The minimum Gasteiger partial charge on any atom is -0.480 e.